The first-order valence-electron chi connectivity index (χ1n) is 6.34. The van der Waals surface area contributed by atoms with Crippen LogP contribution >= 0.6 is 0 Å². The maximum absolute atomic E-state index is 12.5. The summed E-state index contributed by atoms with van der Waals surface area (Å²) >= 11 is 0. The first kappa shape index (κ1) is 16.0. The SMILES string of the molecule is CC1CN(C(=O)C(F)(F)F)CCc2nc(O)c([N+](=O)[O-])cc21. The summed E-state index contributed by atoms with van der Waals surface area (Å²) < 4.78 is 37.6. The average Bonchev–Trinajstić information content (AvgIpc) is 2.55. The molecule has 1 aliphatic heterocycles. The highest BCUT2D eigenvalue weighted by Crippen LogP contribution is 2.33. The number of hydrogen-bond donors (Lipinski definition) is 1. The van der Waals surface area contributed by atoms with Crippen LogP contribution in [-0.4, -0.2) is 45.1 Å². The van der Waals surface area contributed by atoms with Gasteiger partial charge in [0.25, 0.3) is 5.88 Å². The highest BCUT2D eigenvalue weighted by Gasteiger charge is 2.43. The number of amides is 1. The minimum atomic E-state index is -4.97. The van der Waals surface area contributed by atoms with Gasteiger partial charge in [0, 0.05) is 31.5 Å². The maximum Gasteiger partial charge on any atom is 0.471 e. The number of halogens is 3. The predicted octanol–water partition coefficient (Wildman–Crippen LogP) is 1.75. The quantitative estimate of drug-likeness (QED) is 0.628. The van der Waals surface area contributed by atoms with Crippen LogP contribution in [-0.2, 0) is 11.2 Å². The Balaban J connectivity index is 2.36. The van der Waals surface area contributed by atoms with Crippen molar-refractivity contribution in [1.82, 2.24) is 9.88 Å². The Morgan fingerprint density at radius 3 is 2.73 bits per heavy atom. The van der Waals surface area contributed by atoms with Gasteiger partial charge in [-0.2, -0.15) is 13.2 Å². The van der Waals surface area contributed by atoms with Gasteiger partial charge in [-0.15, -0.1) is 0 Å². The third kappa shape index (κ3) is 2.95. The van der Waals surface area contributed by atoms with Gasteiger partial charge >= 0.3 is 17.8 Å². The molecule has 2 rings (SSSR count). The molecular weight excluding hydrogens is 307 g/mol. The van der Waals surface area contributed by atoms with E-state index in [-0.39, 0.29) is 25.2 Å². The second-order valence-electron chi connectivity index (χ2n) is 5.02. The van der Waals surface area contributed by atoms with Gasteiger partial charge in [0.15, 0.2) is 0 Å². The van der Waals surface area contributed by atoms with E-state index in [4.69, 9.17) is 0 Å². The zero-order chi connectivity index (χ0) is 16.7. The van der Waals surface area contributed by atoms with Gasteiger partial charge in [0.2, 0.25) is 0 Å². The number of nitro groups is 1. The number of fused-ring (bicyclic) bond motifs is 1. The lowest BCUT2D eigenvalue weighted by Crippen LogP contribution is -2.42. The molecule has 2 heterocycles. The number of rotatable bonds is 1. The zero-order valence-corrected chi connectivity index (χ0v) is 11.4. The van der Waals surface area contributed by atoms with Crippen LogP contribution in [0.25, 0.3) is 0 Å². The molecule has 0 spiro atoms. The molecule has 1 unspecified atom stereocenters. The molecule has 1 amide bonds. The molecule has 1 N–H and O–H groups in total. The summed E-state index contributed by atoms with van der Waals surface area (Å²) in [5.74, 6) is -3.31. The van der Waals surface area contributed by atoms with Crippen molar-refractivity contribution in [2.45, 2.75) is 25.4 Å². The van der Waals surface area contributed by atoms with Crippen LogP contribution in [0.1, 0.15) is 24.1 Å². The van der Waals surface area contributed by atoms with Crippen molar-refractivity contribution in [1.29, 1.82) is 0 Å². The van der Waals surface area contributed by atoms with Gasteiger partial charge in [0.1, 0.15) is 0 Å². The second kappa shape index (κ2) is 5.43. The number of hydrogen-bond acceptors (Lipinski definition) is 5. The molecule has 0 saturated carbocycles. The lowest BCUT2D eigenvalue weighted by atomic mass is 9.99. The molecule has 1 aliphatic rings. The Morgan fingerprint density at radius 2 is 2.18 bits per heavy atom. The molecule has 120 valence electrons. The summed E-state index contributed by atoms with van der Waals surface area (Å²) in [5.41, 5.74) is 0.0104. The van der Waals surface area contributed by atoms with E-state index in [1.165, 1.54) is 0 Å². The minimum Gasteiger partial charge on any atom is -0.488 e. The number of carbonyl (C=O) groups excluding carboxylic acids is 1. The summed E-state index contributed by atoms with van der Waals surface area (Å²) in [4.78, 5) is 25.7. The lowest BCUT2D eigenvalue weighted by molar-refractivity contribution is -0.386. The number of pyridine rings is 1. The first-order valence-corrected chi connectivity index (χ1v) is 6.34. The standard InChI is InChI=1S/C12H12F3N3O4/c1-6-5-17(11(20)12(13,14)15)3-2-8-7(6)4-9(18(21)22)10(19)16-8/h4,6H,2-3,5H2,1H3,(H,16,19). The number of alkyl halides is 3. The molecule has 0 aliphatic carbocycles. The largest absolute Gasteiger partial charge is 0.488 e. The smallest absolute Gasteiger partial charge is 0.471 e. The van der Waals surface area contributed by atoms with Crippen molar-refractivity contribution in [2.75, 3.05) is 13.1 Å². The van der Waals surface area contributed by atoms with E-state index < -0.39 is 34.5 Å². The molecule has 1 atom stereocenters. The van der Waals surface area contributed by atoms with Gasteiger partial charge < -0.3 is 10.0 Å². The fraction of sp³-hybridized carbons (Fsp3) is 0.500. The summed E-state index contributed by atoms with van der Waals surface area (Å²) in [6.07, 6.45) is -5.00. The highest BCUT2D eigenvalue weighted by molar-refractivity contribution is 5.82. The lowest BCUT2D eigenvalue weighted by Gasteiger charge is -2.23. The van der Waals surface area contributed by atoms with Crippen LogP contribution in [0.3, 0.4) is 0 Å². The van der Waals surface area contributed by atoms with Crippen LogP contribution in [0.5, 0.6) is 5.88 Å². The second-order valence-corrected chi connectivity index (χ2v) is 5.02. The molecule has 0 aromatic carbocycles. The Kier molecular flexibility index (Phi) is 3.94. The average molecular weight is 319 g/mol. The van der Waals surface area contributed by atoms with E-state index in [1.807, 2.05) is 0 Å². The molecular formula is C12H12F3N3O4. The first-order chi connectivity index (χ1) is 10.1. The van der Waals surface area contributed by atoms with Gasteiger partial charge in [-0.3, -0.25) is 14.9 Å². The van der Waals surface area contributed by atoms with Crippen molar-refractivity contribution in [3.05, 3.63) is 27.4 Å². The fourth-order valence-electron chi connectivity index (χ4n) is 2.43. The third-order valence-electron chi connectivity index (χ3n) is 3.47. The number of aromatic hydroxyl groups is 1. The van der Waals surface area contributed by atoms with Crippen LogP contribution in [0, 0.1) is 10.1 Å². The monoisotopic (exact) mass is 319 g/mol. The zero-order valence-electron chi connectivity index (χ0n) is 11.4. The maximum atomic E-state index is 12.5. The van der Waals surface area contributed by atoms with Crippen molar-refractivity contribution in [3.8, 4) is 5.88 Å². The van der Waals surface area contributed by atoms with E-state index in [0.29, 0.717) is 10.5 Å². The van der Waals surface area contributed by atoms with Crippen molar-refractivity contribution >= 4 is 11.6 Å². The number of aromatic nitrogens is 1. The summed E-state index contributed by atoms with van der Waals surface area (Å²) in [5, 5.41) is 20.3. The van der Waals surface area contributed by atoms with Crippen LogP contribution in [0.2, 0.25) is 0 Å². The topological polar surface area (TPSA) is 96.6 Å². The molecule has 0 saturated heterocycles. The number of nitrogens with zero attached hydrogens (tertiary/aromatic N) is 3. The van der Waals surface area contributed by atoms with Gasteiger partial charge in [-0.05, 0) is 5.56 Å². The normalized spacial score (nSPS) is 18.5. The van der Waals surface area contributed by atoms with E-state index in [9.17, 15) is 33.2 Å². The van der Waals surface area contributed by atoms with E-state index >= 15 is 0 Å². The highest BCUT2D eigenvalue weighted by atomic mass is 19.4. The van der Waals surface area contributed by atoms with Crippen molar-refractivity contribution < 1.29 is 28.0 Å². The van der Waals surface area contributed by atoms with Crippen LogP contribution in [0.4, 0.5) is 18.9 Å². The Labute approximate surface area is 122 Å². The number of carbonyl (C=O) groups is 1. The molecule has 10 heteroatoms. The molecule has 0 radical (unpaired) electrons. The van der Waals surface area contributed by atoms with Crippen LogP contribution < -0.4 is 0 Å². The van der Waals surface area contributed by atoms with E-state index in [1.54, 1.807) is 6.92 Å². The van der Waals surface area contributed by atoms with Gasteiger partial charge in [0.05, 0.1) is 10.6 Å². The molecule has 0 fully saturated rings. The van der Waals surface area contributed by atoms with Crippen LogP contribution in [0.15, 0.2) is 6.07 Å². The minimum absolute atomic E-state index is 0.0208. The van der Waals surface area contributed by atoms with E-state index in [2.05, 4.69) is 4.98 Å². The fourth-order valence-corrected chi connectivity index (χ4v) is 2.43. The van der Waals surface area contributed by atoms with Crippen molar-refractivity contribution in [3.63, 3.8) is 0 Å². The molecule has 0 bridgehead atoms. The van der Waals surface area contributed by atoms with Gasteiger partial charge in [-0.25, -0.2) is 4.98 Å². The third-order valence-corrected chi connectivity index (χ3v) is 3.47. The molecule has 7 nitrogen and oxygen atoms in total. The van der Waals surface area contributed by atoms with E-state index in [0.717, 1.165) is 6.07 Å². The Hall–Kier alpha value is -2.39. The summed E-state index contributed by atoms with van der Waals surface area (Å²) in [7, 11) is 0. The molecule has 1 aromatic heterocycles. The molecule has 22 heavy (non-hydrogen) atoms. The predicted molar refractivity (Wildman–Crippen MR) is 67.3 cm³/mol. The van der Waals surface area contributed by atoms with Crippen molar-refractivity contribution in [2.24, 2.45) is 0 Å². The molecule has 1 aromatic rings. The Bertz CT molecular complexity index is 633. The summed E-state index contributed by atoms with van der Waals surface area (Å²) in [6, 6.07) is 1.10. The summed E-state index contributed by atoms with van der Waals surface area (Å²) in [6.45, 7) is 1.10. The van der Waals surface area contributed by atoms with Gasteiger partial charge in [-0.1, -0.05) is 6.92 Å². The Morgan fingerprint density at radius 1 is 1.55 bits per heavy atom.